The van der Waals surface area contributed by atoms with E-state index in [2.05, 4.69) is 21.2 Å². The Bertz CT molecular complexity index is 776. The first-order chi connectivity index (χ1) is 12.3. The van der Waals surface area contributed by atoms with Crippen molar-refractivity contribution >= 4 is 21.8 Å². The Labute approximate surface area is 157 Å². The molecule has 0 fully saturated rings. The number of halogens is 4. The summed E-state index contributed by atoms with van der Waals surface area (Å²) in [6, 6.07) is 7.66. The number of benzene rings is 2. The highest BCUT2D eigenvalue weighted by Crippen LogP contribution is 2.33. The molecular weight excluding hydrogens is 415 g/mol. The fraction of sp³-hybridized carbons (Fsp3) is 0.278. The van der Waals surface area contributed by atoms with E-state index in [1.165, 1.54) is 14.2 Å². The molecule has 0 atom stereocenters. The summed E-state index contributed by atoms with van der Waals surface area (Å²) >= 11 is 3.44. The summed E-state index contributed by atoms with van der Waals surface area (Å²) in [5.74, 6) is 0.715. The second-order valence-electron chi connectivity index (χ2n) is 5.38. The summed E-state index contributed by atoms with van der Waals surface area (Å²) < 4.78 is 48.9. The summed E-state index contributed by atoms with van der Waals surface area (Å²) in [4.78, 5) is 12.1. The average molecular weight is 432 g/mol. The van der Waals surface area contributed by atoms with Gasteiger partial charge in [0.1, 0.15) is 0 Å². The molecule has 0 radical (unpaired) electrons. The van der Waals surface area contributed by atoms with Crippen molar-refractivity contribution in [2.75, 3.05) is 20.8 Å². The molecule has 2 aromatic carbocycles. The van der Waals surface area contributed by atoms with E-state index in [0.717, 1.165) is 34.3 Å². The minimum Gasteiger partial charge on any atom is -0.493 e. The van der Waals surface area contributed by atoms with Crippen LogP contribution < -0.4 is 14.8 Å². The summed E-state index contributed by atoms with van der Waals surface area (Å²) in [6.07, 6.45) is -3.91. The Hall–Kier alpha value is -2.22. The second kappa shape index (κ2) is 8.44. The van der Waals surface area contributed by atoms with E-state index < -0.39 is 17.6 Å². The van der Waals surface area contributed by atoms with Crippen LogP contribution in [-0.2, 0) is 12.6 Å². The summed E-state index contributed by atoms with van der Waals surface area (Å²) in [7, 11) is 3.07. The first-order valence-electron chi connectivity index (χ1n) is 7.62. The summed E-state index contributed by atoms with van der Waals surface area (Å²) in [5.41, 5.74) is 0.281. The van der Waals surface area contributed by atoms with E-state index in [9.17, 15) is 18.0 Å². The van der Waals surface area contributed by atoms with Crippen LogP contribution >= 0.6 is 15.9 Å². The van der Waals surface area contributed by atoms with Crippen molar-refractivity contribution in [3.8, 4) is 11.5 Å². The standard InChI is InChI=1S/C18H17BrF3NO3/c1-25-15-9-12(14(19)10-16(15)26-2)7-8-23-17(24)11-3-5-13(6-4-11)18(20,21)22/h3-6,9-10H,7-8H2,1-2H3,(H,23,24). The molecule has 0 aliphatic carbocycles. The minimum absolute atomic E-state index is 0.171. The molecule has 8 heteroatoms. The van der Waals surface area contributed by atoms with Crippen LogP contribution in [-0.4, -0.2) is 26.7 Å². The molecule has 0 spiro atoms. The predicted molar refractivity (Wildman–Crippen MR) is 94.7 cm³/mol. The van der Waals surface area contributed by atoms with Crippen molar-refractivity contribution in [2.45, 2.75) is 12.6 Å². The monoisotopic (exact) mass is 431 g/mol. The van der Waals surface area contributed by atoms with E-state index in [4.69, 9.17) is 9.47 Å². The number of rotatable bonds is 6. The molecule has 1 amide bonds. The van der Waals surface area contributed by atoms with E-state index in [-0.39, 0.29) is 5.56 Å². The number of carbonyl (C=O) groups excluding carboxylic acids is 1. The molecule has 1 N–H and O–H groups in total. The molecule has 0 saturated carbocycles. The number of amides is 1. The molecule has 2 aromatic rings. The van der Waals surface area contributed by atoms with Gasteiger partial charge in [0.25, 0.3) is 5.91 Å². The van der Waals surface area contributed by atoms with E-state index in [0.29, 0.717) is 24.5 Å². The highest BCUT2D eigenvalue weighted by Gasteiger charge is 2.30. The van der Waals surface area contributed by atoms with Crippen molar-refractivity contribution in [2.24, 2.45) is 0 Å². The van der Waals surface area contributed by atoms with Gasteiger partial charge in [-0.3, -0.25) is 4.79 Å². The highest BCUT2D eigenvalue weighted by atomic mass is 79.9. The van der Waals surface area contributed by atoms with Crippen LogP contribution in [0.1, 0.15) is 21.5 Å². The maximum absolute atomic E-state index is 12.5. The van der Waals surface area contributed by atoms with E-state index >= 15 is 0 Å². The van der Waals surface area contributed by atoms with Crippen molar-refractivity contribution in [1.82, 2.24) is 5.32 Å². The highest BCUT2D eigenvalue weighted by molar-refractivity contribution is 9.10. The maximum atomic E-state index is 12.5. The molecule has 0 aromatic heterocycles. The third-order valence-corrected chi connectivity index (χ3v) is 4.45. The Kier molecular flexibility index (Phi) is 6.52. The Balaban J connectivity index is 1.98. The van der Waals surface area contributed by atoms with Crippen LogP contribution in [0.5, 0.6) is 11.5 Å². The van der Waals surface area contributed by atoms with Gasteiger partial charge >= 0.3 is 6.18 Å². The molecule has 0 unspecified atom stereocenters. The lowest BCUT2D eigenvalue weighted by Gasteiger charge is -2.12. The fourth-order valence-corrected chi connectivity index (χ4v) is 2.83. The Morgan fingerprint density at radius 2 is 1.65 bits per heavy atom. The van der Waals surface area contributed by atoms with Crippen molar-refractivity contribution in [3.05, 3.63) is 57.6 Å². The fourth-order valence-electron chi connectivity index (χ4n) is 2.31. The van der Waals surface area contributed by atoms with Crippen LogP contribution in [0.25, 0.3) is 0 Å². The van der Waals surface area contributed by atoms with Crippen LogP contribution in [0.3, 0.4) is 0 Å². The molecule has 0 heterocycles. The molecule has 0 bridgehead atoms. The van der Waals surface area contributed by atoms with Gasteiger partial charge in [0.2, 0.25) is 0 Å². The van der Waals surface area contributed by atoms with Gasteiger partial charge in [-0.1, -0.05) is 15.9 Å². The average Bonchev–Trinajstić information content (AvgIpc) is 2.61. The number of ether oxygens (including phenoxy) is 2. The SMILES string of the molecule is COc1cc(Br)c(CCNC(=O)c2ccc(C(F)(F)F)cc2)cc1OC. The smallest absolute Gasteiger partial charge is 0.416 e. The van der Waals surface area contributed by atoms with Gasteiger partial charge < -0.3 is 14.8 Å². The van der Waals surface area contributed by atoms with Gasteiger partial charge in [-0.05, 0) is 48.4 Å². The number of hydrogen-bond donors (Lipinski definition) is 1. The van der Waals surface area contributed by atoms with Gasteiger partial charge in [-0.2, -0.15) is 13.2 Å². The zero-order chi connectivity index (χ0) is 19.3. The van der Waals surface area contributed by atoms with E-state index in [1.807, 2.05) is 0 Å². The summed E-state index contributed by atoms with van der Waals surface area (Å²) in [5, 5.41) is 2.69. The quantitative estimate of drug-likeness (QED) is 0.734. The summed E-state index contributed by atoms with van der Waals surface area (Å²) in [6.45, 7) is 0.313. The Morgan fingerprint density at radius 1 is 1.08 bits per heavy atom. The molecule has 2 rings (SSSR count). The van der Waals surface area contributed by atoms with Crippen LogP contribution in [0.15, 0.2) is 40.9 Å². The Morgan fingerprint density at radius 3 is 2.19 bits per heavy atom. The molecular formula is C18H17BrF3NO3. The number of hydrogen-bond acceptors (Lipinski definition) is 3. The minimum atomic E-state index is -4.42. The van der Waals surface area contributed by atoms with Crippen LogP contribution in [0.4, 0.5) is 13.2 Å². The molecule has 0 aliphatic rings. The first kappa shape index (κ1) is 20.1. The van der Waals surface area contributed by atoms with Gasteiger partial charge in [0, 0.05) is 16.6 Å². The maximum Gasteiger partial charge on any atom is 0.416 e. The van der Waals surface area contributed by atoms with Crippen molar-refractivity contribution in [1.29, 1.82) is 0 Å². The van der Waals surface area contributed by atoms with Crippen LogP contribution in [0.2, 0.25) is 0 Å². The molecule has 26 heavy (non-hydrogen) atoms. The predicted octanol–water partition coefficient (Wildman–Crippen LogP) is 4.46. The van der Waals surface area contributed by atoms with E-state index in [1.54, 1.807) is 12.1 Å². The third-order valence-electron chi connectivity index (χ3n) is 3.71. The third kappa shape index (κ3) is 4.91. The molecule has 0 saturated heterocycles. The number of carbonyl (C=O) groups is 1. The lowest BCUT2D eigenvalue weighted by molar-refractivity contribution is -0.137. The van der Waals surface area contributed by atoms with Crippen molar-refractivity contribution < 1.29 is 27.4 Å². The molecule has 4 nitrogen and oxygen atoms in total. The number of alkyl halides is 3. The number of methoxy groups -OCH3 is 2. The van der Waals surface area contributed by atoms with Gasteiger partial charge in [-0.15, -0.1) is 0 Å². The molecule has 0 aliphatic heterocycles. The number of nitrogens with one attached hydrogen (secondary N) is 1. The van der Waals surface area contributed by atoms with Crippen LogP contribution in [0, 0.1) is 0 Å². The lowest BCUT2D eigenvalue weighted by atomic mass is 10.1. The van der Waals surface area contributed by atoms with Gasteiger partial charge in [0.05, 0.1) is 19.8 Å². The zero-order valence-electron chi connectivity index (χ0n) is 14.1. The van der Waals surface area contributed by atoms with Crippen molar-refractivity contribution in [3.63, 3.8) is 0 Å². The largest absolute Gasteiger partial charge is 0.493 e. The zero-order valence-corrected chi connectivity index (χ0v) is 15.7. The molecule has 140 valence electrons. The van der Waals surface area contributed by atoms with Gasteiger partial charge in [0.15, 0.2) is 11.5 Å². The first-order valence-corrected chi connectivity index (χ1v) is 8.41. The second-order valence-corrected chi connectivity index (χ2v) is 6.23. The van der Waals surface area contributed by atoms with Gasteiger partial charge in [-0.25, -0.2) is 0 Å². The normalized spacial score (nSPS) is 11.2. The topological polar surface area (TPSA) is 47.6 Å². The lowest BCUT2D eigenvalue weighted by Crippen LogP contribution is -2.25.